The molecule has 132 valence electrons. The van der Waals surface area contributed by atoms with E-state index in [1.165, 1.54) is 77.5 Å². The molecule has 0 saturated heterocycles. The molecule has 22 heavy (non-hydrogen) atoms. The Kier molecular flexibility index (Phi) is 16.8. The van der Waals surface area contributed by atoms with E-state index >= 15 is 0 Å². The Labute approximate surface area is 141 Å². The Morgan fingerprint density at radius 3 is 1.00 bits per heavy atom. The van der Waals surface area contributed by atoms with Crippen LogP contribution in [0.3, 0.4) is 0 Å². The fraction of sp³-hybridized carbons (Fsp3) is 0.900. The second-order valence-electron chi connectivity index (χ2n) is 6.49. The molecule has 0 atom stereocenters. The largest absolute Gasteiger partial charge is 0.300 e. The van der Waals surface area contributed by atoms with Gasteiger partial charge in [-0.2, -0.15) is 0 Å². The molecule has 2 heteroatoms. The van der Waals surface area contributed by atoms with Crippen LogP contribution in [0.1, 0.15) is 79.1 Å². The molecule has 0 amide bonds. The van der Waals surface area contributed by atoms with Gasteiger partial charge in [0.1, 0.15) is 0 Å². The van der Waals surface area contributed by atoms with Gasteiger partial charge in [0.05, 0.1) is 0 Å². The monoisotopic (exact) mass is 310 g/mol. The lowest BCUT2D eigenvalue weighted by molar-refractivity contribution is 0.285. The number of nitrogens with zero attached hydrogens (tertiary/aromatic N) is 2. The van der Waals surface area contributed by atoms with E-state index in [4.69, 9.17) is 0 Å². The maximum atomic E-state index is 2.62. The van der Waals surface area contributed by atoms with Crippen LogP contribution in [-0.2, 0) is 0 Å². The maximum absolute atomic E-state index is 2.62. The summed E-state index contributed by atoms with van der Waals surface area (Å²) in [6, 6.07) is 0. The molecule has 0 aliphatic rings. The van der Waals surface area contributed by atoms with Crippen molar-refractivity contribution < 1.29 is 0 Å². The molecule has 0 radical (unpaired) electrons. The molecule has 0 unspecified atom stereocenters. The standard InChI is InChI=1S/C20H42N2/c1-5-9-15-21(16-10-6-2)19-13-14-20-22(17-11-7-3)18-12-8-4/h13-14H,5-12,15-20H2,1-4H3/b14-13+. The quantitative estimate of drug-likeness (QED) is 0.355. The summed E-state index contributed by atoms with van der Waals surface area (Å²) in [6.07, 6.45) is 15.3. The van der Waals surface area contributed by atoms with Gasteiger partial charge in [0, 0.05) is 13.1 Å². The van der Waals surface area contributed by atoms with E-state index in [0.29, 0.717) is 0 Å². The fourth-order valence-electron chi connectivity index (χ4n) is 2.56. The molecule has 0 aromatic heterocycles. The molecule has 0 heterocycles. The molecule has 0 rings (SSSR count). The molecular weight excluding hydrogens is 268 g/mol. The predicted molar refractivity (Wildman–Crippen MR) is 102 cm³/mol. The third kappa shape index (κ3) is 13.3. The van der Waals surface area contributed by atoms with E-state index in [-0.39, 0.29) is 0 Å². The van der Waals surface area contributed by atoms with Crippen molar-refractivity contribution in [1.29, 1.82) is 0 Å². The molecule has 0 bridgehead atoms. The Bertz CT molecular complexity index is 198. The van der Waals surface area contributed by atoms with E-state index in [2.05, 4.69) is 49.6 Å². The van der Waals surface area contributed by atoms with Crippen molar-refractivity contribution in [3.8, 4) is 0 Å². The SMILES string of the molecule is CCCCN(C/C=C/CN(CCCC)CCCC)CCCC. The second-order valence-corrected chi connectivity index (χ2v) is 6.49. The highest BCUT2D eigenvalue weighted by Crippen LogP contribution is 2.01. The third-order valence-electron chi connectivity index (χ3n) is 4.21. The van der Waals surface area contributed by atoms with Crippen molar-refractivity contribution in [3.63, 3.8) is 0 Å². The first-order chi connectivity index (χ1) is 10.8. The van der Waals surface area contributed by atoms with Crippen LogP contribution in [0.4, 0.5) is 0 Å². The highest BCUT2D eigenvalue weighted by Gasteiger charge is 2.03. The van der Waals surface area contributed by atoms with Gasteiger partial charge in [-0.3, -0.25) is 9.80 Å². The molecule has 0 fully saturated rings. The van der Waals surface area contributed by atoms with Gasteiger partial charge >= 0.3 is 0 Å². The molecular formula is C20H42N2. The van der Waals surface area contributed by atoms with Gasteiger partial charge in [-0.25, -0.2) is 0 Å². The van der Waals surface area contributed by atoms with Gasteiger partial charge in [-0.15, -0.1) is 0 Å². The van der Waals surface area contributed by atoms with Crippen LogP contribution in [0.2, 0.25) is 0 Å². The van der Waals surface area contributed by atoms with Crippen molar-refractivity contribution >= 4 is 0 Å². The highest BCUT2D eigenvalue weighted by atomic mass is 15.1. The first kappa shape index (κ1) is 21.7. The van der Waals surface area contributed by atoms with Crippen LogP contribution < -0.4 is 0 Å². The minimum absolute atomic E-state index is 1.13. The molecule has 0 spiro atoms. The molecule has 0 saturated carbocycles. The molecule has 0 aliphatic heterocycles. The van der Waals surface area contributed by atoms with Crippen molar-refractivity contribution in [2.45, 2.75) is 79.1 Å². The summed E-state index contributed by atoms with van der Waals surface area (Å²) in [5.74, 6) is 0. The van der Waals surface area contributed by atoms with Crippen LogP contribution in [-0.4, -0.2) is 49.1 Å². The summed E-state index contributed by atoms with van der Waals surface area (Å²) in [7, 11) is 0. The van der Waals surface area contributed by atoms with Crippen LogP contribution in [0, 0.1) is 0 Å². The third-order valence-corrected chi connectivity index (χ3v) is 4.21. The Morgan fingerprint density at radius 2 is 0.773 bits per heavy atom. The molecule has 0 aliphatic carbocycles. The van der Waals surface area contributed by atoms with Gasteiger partial charge in [-0.05, 0) is 51.9 Å². The number of rotatable bonds is 16. The topological polar surface area (TPSA) is 6.48 Å². The molecule has 0 N–H and O–H groups in total. The van der Waals surface area contributed by atoms with Crippen LogP contribution in [0.5, 0.6) is 0 Å². The van der Waals surface area contributed by atoms with Gasteiger partial charge in [-0.1, -0.05) is 65.5 Å². The summed E-state index contributed by atoms with van der Waals surface area (Å²) in [5, 5.41) is 0. The zero-order chi connectivity index (χ0) is 16.5. The fourth-order valence-corrected chi connectivity index (χ4v) is 2.56. The zero-order valence-corrected chi connectivity index (χ0v) is 15.9. The zero-order valence-electron chi connectivity index (χ0n) is 15.9. The lowest BCUT2D eigenvalue weighted by Gasteiger charge is -2.21. The molecule has 0 aromatic carbocycles. The van der Waals surface area contributed by atoms with Crippen molar-refractivity contribution in [2.75, 3.05) is 39.3 Å². The first-order valence-electron chi connectivity index (χ1n) is 9.88. The van der Waals surface area contributed by atoms with Crippen molar-refractivity contribution in [2.24, 2.45) is 0 Å². The lowest BCUT2D eigenvalue weighted by atomic mass is 10.2. The first-order valence-corrected chi connectivity index (χ1v) is 9.88. The van der Waals surface area contributed by atoms with Crippen LogP contribution >= 0.6 is 0 Å². The number of hydrogen-bond acceptors (Lipinski definition) is 2. The van der Waals surface area contributed by atoms with Gasteiger partial charge in [0.2, 0.25) is 0 Å². The predicted octanol–water partition coefficient (Wildman–Crippen LogP) is 5.35. The number of unbranched alkanes of at least 4 members (excludes halogenated alkanes) is 4. The second kappa shape index (κ2) is 17.0. The maximum Gasteiger partial charge on any atom is 0.0163 e. The van der Waals surface area contributed by atoms with E-state index in [9.17, 15) is 0 Å². The van der Waals surface area contributed by atoms with Crippen LogP contribution in [0.25, 0.3) is 0 Å². The lowest BCUT2D eigenvalue weighted by Crippen LogP contribution is -2.28. The minimum Gasteiger partial charge on any atom is -0.300 e. The Hall–Kier alpha value is -0.340. The van der Waals surface area contributed by atoms with Crippen molar-refractivity contribution in [3.05, 3.63) is 12.2 Å². The van der Waals surface area contributed by atoms with E-state index < -0.39 is 0 Å². The smallest absolute Gasteiger partial charge is 0.0163 e. The summed E-state index contributed by atoms with van der Waals surface area (Å²) in [4.78, 5) is 5.23. The van der Waals surface area contributed by atoms with Crippen molar-refractivity contribution in [1.82, 2.24) is 9.80 Å². The Morgan fingerprint density at radius 1 is 0.500 bits per heavy atom. The van der Waals surface area contributed by atoms with Gasteiger partial charge < -0.3 is 0 Å². The number of hydrogen-bond donors (Lipinski definition) is 0. The average molecular weight is 311 g/mol. The van der Waals surface area contributed by atoms with Gasteiger partial charge in [0.25, 0.3) is 0 Å². The highest BCUT2D eigenvalue weighted by molar-refractivity contribution is 4.87. The summed E-state index contributed by atoms with van der Waals surface area (Å²) in [6.45, 7) is 16.4. The molecule has 0 aromatic rings. The summed E-state index contributed by atoms with van der Waals surface area (Å²) >= 11 is 0. The minimum atomic E-state index is 1.13. The Balaban J connectivity index is 4.08. The van der Waals surface area contributed by atoms with Crippen LogP contribution in [0.15, 0.2) is 12.2 Å². The molecule has 2 nitrogen and oxygen atoms in total. The summed E-state index contributed by atoms with van der Waals surface area (Å²) in [5.41, 5.74) is 0. The normalized spacial score (nSPS) is 12.1. The average Bonchev–Trinajstić information content (AvgIpc) is 2.54. The van der Waals surface area contributed by atoms with E-state index in [1.807, 2.05) is 0 Å². The van der Waals surface area contributed by atoms with E-state index in [0.717, 1.165) is 13.1 Å². The van der Waals surface area contributed by atoms with E-state index in [1.54, 1.807) is 0 Å². The summed E-state index contributed by atoms with van der Waals surface area (Å²) < 4.78 is 0. The van der Waals surface area contributed by atoms with Gasteiger partial charge in [0.15, 0.2) is 0 Å².